The summed E-state index contributed by atoms with van der Waals surface area (Å²) in [5.41, 5.74) is 4.02. The van der Waals surface area contributed by atoms with E-state index in [-0.39, 0.29) is 16.9 Å². The van der Waals surface area contributed by atoms with E-state index in [1.165, 1.54) is 23.1 Å². The summed E-state index contributed by atoms with van der Waals surface area (Å²) in [5.74, 6) is -2.04. The van der Waals surface area contributed by atoms with Gasteiger partial charge in [0.2, 0.25) is 0 Å². The maximum absolute atomic E-state index is 13.3. The smallest absolute Gasteiger partial charge is 0.339 e. The van der Waals surface area contributed by atoms with Crippen LogP contribution in [0.3, 0.4) is 0 Å². The van der Waals surface area contributed by atoms with Crippen molar-refractivity contribution in [1.82, 2.24) is 0 Å². The molecule has 0 spiro atoms. The van der Waals surface area contributed by atoms with Crippen LogP contribution in [0.4, 0.5) is 11.4 Å². The Bertz CT molecular complexity index is 1390. The number of rotatable bonds is 5. The number of anilines is 2. The van der Waals surface area contributed by atoms with Crippen LogP contribution in [0, 0.1) is 5.41 Å². The molecule has 0 unspecified atom stereocenters. The van der Waals surface area contributed by atoms with Crippen molar-refractivity contribution in [3.05, 3.63) is 80.8 Å². The number of thioether (sulfide) groups is 1. The van der Waals surface area contributed by atoms with Crippen LogP contribution >= 0.6 is 35.6 Å². The number of phenols is 1. The van der Waals surface area contributed by atoms with Crippen molar-refractivity contribution in [2.24, 2.45) is 5.41 Å². The number of carboxylic acids is 1. The second-order valence-corrected chi connectivity index (χ2v) is 12.1. The molecule has 192 valence electrons. The van der Waals surface area contributed by atoms with E-state index < -0.39 is 11.7 Å². The van der Waals surface area contributed by atoms with E-state index in [4.69, 9.17) is 28.9 Å². The minimum absolute atomic E-state index is 0.0643. The molecule has 2 aromatic rings. The Morgan fingerprint density at radius 3 is 2.41 bits per heavy atom. The van der Waals surface area contributed by atoms with Gasteiger partial charge in [0, 0.05) is 30.9 Å². The number of benzene rings is 2. The third-order valence-electron chi connectivity index (χ3n) is 6.22. The molecule has 0 atom stereocenters. The predicted molar refractivity (Wildman–Crippen MR) is 155 cm³/mol. The molecule has 2 aliphatic rings. The molecule has 1 heterocycles. The lowest BCUT2D eigenvalue weighted by Gasteiger charge is -2.32. The molecule has 1 aliphatic carbocycles. The van der Waals surface area contributed by atoms with Gasteiger partial charge in [0.05, 0.1) is 10.6 Å². The molecule has 6 nitrogen and oxygen atoms in total. The van der Waals surface area contributed by atoms with E-state index >= 15 is 0 Å². The number of aromatic hydroxyl groups is 1. The molecule has 37 heavy (non-hydrogen) atoms. The van der Waals surface area contributed by atoms with E-state index in [1.54, 1.807) is 6.08 Å². The molecule has 0 bridgehead atoms. The normalized spacial score (nSPS) is 19.8. The molecule has 1 saturated heterocycles. The van der Waals surface area contributed by atoms with Crippen LogP contribution in [-0.4, -0.2) is 40.5 Å². The summed E-state index contributed by atoms with van der Waals surface area (Å²) < 4.78 is 0.294. The van der Waals surface area contributed by atoms with Crippen molar-refractivity contribution in [1.29, 1.82) is 0 Å². The van der Waals surface area contributed by atoms with Gasteiger partial charge in [-0.15, -0.1) is 0 Å². The number of halogens is 1. The van der Waals surface area contributed by atoms with E-state index in [9.17, 15) is 14.7 Å². The zero-order chi connectivity index (χ0) is 27.1. The molecule has 2 aromatic carbocycles. The third-order valence-corrected chi connectivity index (χ3v) is 8.01. The molecule has 0 saturated carbocycles. The van der Waals surface area contributed by atoms with Gasteiger partial charge >= 0.3 is 5.97 Å². The first kappa shape index (κ1) is 27.0. The van der Waals surface area contributed by atoms with Crippen molar-refractivity contribution >= 4 is 69.2 Å². The first-order valence-electron chi connectivity index (χ1n) is 11.6. The topological polar surface area (TPSA) is 81.1 Å². The number of carboxylic acid groups (broad SMARTS) is 1. The molecule has 0 radical (unpaired) electrons. The number of allylic oxidation sites excluding steroid dienone is 4. The summed E-state index contributed by atoms with van der Waals surface area (Å²) in [4.78, 5) is 28.3. The molecular formula is C28H27ClN2O4S2. The summed E-state index contributed by atoms with van der Waals surface area (Å²) in [6.45, 7) is 4.34. The highest BCUT2D eigenvalue weighted by Gasteiger charge is 2.36. The van der Waals surface area contributed by atoms with E-state index in [1.807, 2.05) is 19.0 Å². The summed E-state index contributed by atoms with van der Waals surface area (Å²) in [5, 5.41) is 19.9. The van der Waals surface area contributed by atoms with Crippen LogP contribution in [0.15, 0.2) is 69.6 Å². The predicted octanol–water partition coefficient (Wildman–Crippen LogP) is 6.80. The fourth-order valence-electron chi connectivity index (χ4n) is 4.44. The summed E-state index contributed by atoms with van der Waals surface area (Å²) in [7, 11) is 4.00. The molecule has 0 aromatic heterocycles. The lowest BCUT2D eigenvalue weighted by molar-refractivity contribution is -0.113. The number of carbonyl (C=O) groups excluding carboxylic acids is 1. The fourth-order valence-corrected chi connectivity index (χ4v) is 5.99. The second kappa shape index (κ2) is 10.4. The van der Waals surface area contributed by atoms with Gasteiger partial charge in [-0.1, -0.05) is 67.6 Å². The van der Waals surface area contributed by atoms with Gasteiger partial charge in [-0.25, -0.2) is 4.79 Å². The van der Waals surface area contributed by atoms with Crippen LogP contribution in [0.1, 0.15) is 42.6 Å². The van der Waals surface area contributed by atoms with Gasteiger partial charge in [0.25, 0.3) is 5.91 Å². The van der Waals surface area contributed by atoms with E-state index in [0.717, 1.165) is 40.6 Å². The van der Waals surface area contributed by atoms with Crippen molar-refractivity contribution in [2.45, 2.75) is 26.7 Å². The minimum atomic E-state index is -1.26. The van der Waals surface area contributed by atoms with Gasteiger partial charge in [-0.3, -0.25) is 9.69 Å². The summed E-state index contributed by atoms with van der Waals surface area (Å²) in [6.07, 6.45) is 5.39. The van der Waals surface area contributed by atoms with Gasteiger partial charge in [0.15, 0.2) is 4.32 Å². The number of hydrogen-bond acceptors (Lipinski definition) is 6. The average Bonchev–Trinajstić information content (AvgIpc) is 3.09. The number of nitrogens with zero attached hydrogens (tertiary/aromatic N) is 2. The van der Waals surface area contributed by atoms with Crippen LogP contribution in [-0.2, 0) is 4.79 Å². The largest absolute Gasteiger partial charge is 0.507 e. The minimum Gasteiger partial charge on any atom is -0.507 e. The summed E-state index contributed by atoms with van der Waals surface area (Å²) >= 11 is 13.5. The van der Waals surface area contributed by atoms with Gasteiger partial charge in [-0.05, 0) is 65.3 Å². The Kier molecular flexibility index (Phi) is 7.55. The Morgan fingerprint density at radius 2 is 1.81 bits per heavy atom. The van der Waals surface area contributed by atoms with Gasteiger partial charge < -0.3 is 15.1 Å². The zero-order valence-electron chi connectivity index (χ0n) is 20.9. The lowest BCUT2D eigenvalue weighted by atomic mass is 9.74. The molecule has 2 N–H and O–H groups in total. The molecule has 1 amide bonds. The number of aromatic carboxylic acids is 1. The lowest BCUT2D eigenvalue weighted by Crippen LogP contribution is -2.27. The van der Waals surface area contributed by atoms with Gasteiger partial charge in [0.1, 0.15) is 11.3 Å². The first-order valence-corrected chi connectivity index (χ1v) is 13.2. The quantitative estimate of drug-likeness (QED) is 0.310. The van der Waals surface area contributed by atoms with Crippen LogP contribution < -0.4 is 9.80 Å². The van der Waals surface area contributed by atoms with Crippen LogP contribution in [0.25, 0.3) is 6.08 Å². The number of amides is 1. The van der Waals surface area contributed by atoms with Crippen molar-refractivity contribution < 1.29 is 19.8 Å². The average molecular weight is 555 g/mol. The number of hydrogen-bond donors (Lipinski definition) is 2. The highest BCUT2D eigenvalue weighted by Crippen LogP contribution is 2.46. The Balaban J connectivity index is 1.67. The molecule has 1 aliphatic heterocycles. The molecule has 1 fully saturated rings. The Hall–Kier alpha value is -3.07. The Labute approximate surface area is 230 Å². The van der Waals surface area contributed by atoms with E-state index in [0.29, 0.717) is 26.4 Å². The molecular weight excluding hydrogens is 528 g/mol. The van der Waals surface area contributed by atoms with Gasteiger partial charge in [-0.2, -0.15) is 0 Å². The van der Waals surface area contributed by atoms with E-state index in [2.05, 4.69) is 44.2 Å². The highest BCUT2D eigenvalue weighted by atomic mass is 35.5. The van der Waals surface area contributed by atoms with Crippen LogP contribution in [0.2, 0.25) is 0 Å². The SMILES string of the molecule is CN(C)c1ccc(/C=C2\CC(C)(C)CC(/C=C3/SC(=S)N(c4ccc(C(=O)O)c(O)c4)C3=O)=C2Cl)cc1. The zero-order valence-corrected chi connectivity index (χ0v) is 23.3. The molecule has 9 heteroatoms. The maximum Gasteiger partial charge on any atom is 0.339 e. The van der Waals surface area contributed by atoms with Crippen molar-refractivity contribution in [2.75, 3.05) is 23.9 Å². The third kappa shape index (κ3) is 5.76. The highest BCUT2D eigenvalue weighted by molar-refractivity contribution is 8.27. The second-order valence-electron chi connectivity index (χ2n) is 10.0. The van der Waals surface area contributed by atoms with Crippen LogP contribution in [0.5, 0.6) is 5.75 Å². The maximum atomic E-state index is 13.3. The summed E-state index contributed by atoms with van der Waals surface area (Å²) in [6, 6.07) is 12.2. The fraction of sp³-hybridized carbons (Fsp3) is 0.250. The van der Waals surface area contributed by atoms with Crippen molar-refractivity contribution in [3.63, 3.8) is 0 Å². The monoisotopic (exact) mass is 554 g/mol. The number of carbonyl (C=O) groups is 2. The number of thiocarbonyl (C=S) groups is 1. The molecule has 4 rings (SSSR count). The standard InChI is InChI=1S/C28H27ClN2O4S2/c1-28(2)14-17(11-16-5-7-19(8-6-16)30(3)4)24(29)18(15-28)12-23-25(33)31(27(36)37-23)20-9-10-21(26(34)35)22(32)13-20/h5-13,32H,14-15H2,1-4H3,(H,34,35)/b17-11+,23-12+. The Morgan fingerprint density at radius 1 is 1.14 bits per heavy atom. The van der Waals surface area contributed by atoms with Crippen molar-refractivity contribution in [3.8, 4) is 5.75 Å². The first-order chi connectivity index (χ1) is 17.4.